The van der Waals surface area contributed by atoms with Crippen molar-refractivity contribution in [2.75, 3.05) is 6.54 Å². The smallest absolute Gasteiger partial charge is 0.186 e. The van der Waals surface area contributed by atoms with E-state index in [1.807, 2.05) is 18.4 Å². The summed E-state index contributed by atoms with van der Waals surface area (Å²) in [6, 6.07) is 0. The third-order valence-corrected chi connectivity index (χ3v) is 17.5. The Balaban J connectivity index is 1.20. The highest BCUT2D eigenvalue weighted by atomic mass is 16.5. The third kappa shape index (κ3) is 6.40. The van der Waals surface area contributed by atoms with Crippen molar-refractivity contribution in [2.24, 2.45) is 51.6 Å². The second-order valence-corrected chi connectivity index (χ2v) is 20.4. The van der Waals surface area contributed by atoms with E-state index < -0.39 is 63.9 Å². The summed E-state index contributed by atoms with van der Waals surface area (Å²) < 4.78 is 6.76. The zero-order valence-electron chi connectivity index (χ0n) is 35.3. The summed E-state index contributed by atoms with van der Waals surface area (Å²) in [5.74, 6) is 6.78. The van der Waals surface area contributed by atoms with E-state index in [-0.39, 0.29) is 68.5 Å². The van der Waals surface area contributed by atoms with Crippen molar-refractivity contribution in [1.29, 1.82) is 0 Å². The summed E-state index contributed by atoms with van der Waals surface area (Å²) in [7, 11) is 0. The number of ether oxygens (including phenoxy) is 1. The van der Waals surface area contributed by atoms with Crippen LogP contribution in [0.1, 0.15) is 130 Å². The van der Waals surface area contributed by atoms with E-state index in [2.05, 4.69) is 36.3 Å². The number of dihydropyridines is 1. The number of aliphatic hydroxyl groups excluding tert-OH is 4. The number of Topliss-reactive ketones (excluding diaryl/α,β-unsaturated/α-hetero) is 1. The molecule has 58 heavy (non-hydrogen) atoms. The van der Waals surface area contributed by atoms with Gasteiger partial charge in [-0.25, -0.2) is 0 Å². The van der Waals surface area contributed by atoms with Gasteiger partial charge in [0.25, 0.3) is 0 Å². The lowest BCUT2D eigenvalue weighted by atomic mass is 9.37. The maximum Gasteiger partial charge on any atom is 0.186 e. The molecule has 0 aromatic heterocycles. The number of carbonyl (C=O) groups excluding carboxylic acids is 1. The molecule has 17 atom stereocenters. The Labute approximate surface area is 345 Å². The van der Waals surface area contributed by atoms with Crippen molar-refractivity contribution in [3.8, 4) is 11.8 Å². The van der Waals surface area contributed by atoms with Gasteiger partial charge in [-0.05, 0) is 137 Å². The molecule has 9 rings (SSSR count). The summed E-state index contributed by atoms with van der Waals surface area (Å²) in [4.78, 5) is 15.6. The Morgan fingerprint density at radius 3 is 2.53 bits per heavy atom. The van der Waals surface area contributed by atoms with E-state index in [1.165, 1.54) is 12.8 Å². The summed E-state index contributed by atoms with van der Waals surface area (Å²) in [6.45, 7) is 7.88. The number of nitrogens with two attached hydrogens (primary N) is 1. The molecule has 4 bridgehead atoms. The highest BCUT2D eigenvalue weighted by molar-refractivity contribution is 6.03. The van der Waals surface area contributed by atoms with Gasteiger partial charge in [-0.1, -0.05) is 39.2 Å². The SMILES string of the molecule is CCC[C@@H]1CC[C@H]2[C@H](C)[C@H]([C@@H](O)[C@](C)(O)[C@H]3CC[C@@]4(O)C5=C(NC[C@H](C)O)C(=O)[C@@]67CC#CC[C@@]34CC[C@@H]5[C@@]6(CCC3=CNC(N)C=C3)C[C@H](O)[C@H](O)C7)O[C@@H]2CC1. The highest BCUT2D eigenvalue weighted by Crippen LogP contribution is 2.74. The number of carbonyl (C=O) groups is 1. The van der Waals surface area contributed by atoms with Gasteiger partial charge in [-0.3, -0.25) is 4.79 Å². The van der Waals surface area contributed by atoms with E-state index in [9.17, 15) is 30.6 Å². The topological polar surface area (TPSA) is 198 Å². The van der Waals surface area contributed by atoms with Gasteiger partial charge >= 0.3 is 0 Å². The minimum Gasteiger partial charge on any atom is -0.392 e. The van der Waals surface area contributed by atoms with Crippen molar-refractivity contribution >= 4 is 5.78 Å². The molecule has 0 aromatic carbocycles. The van der Waals surface area contributed by atoms with Crippen molar-refractivity contribution < 1.29 is 40.2 Å². The van der Waals surface area contributed by atoms with Crippen molar-refractivity contribution in [1.82, 2.24) is 10.6 Å². The lowest BCUT2D eigenvalue weighted by Crippen LogP contribution is -2.69. The first-order valence-corrected chi connectivity index (χ1v) is 22.8. The first kappa shape index (κ1) is 42.4. The zero-order valence-corrected chi connectivity index (χ0v) is 35.3. The van der Waals surface area contributed by atoms with Gasteiger partial charge in [0, 0.05) is 31.0 Å². The number of nitrogens with one attached hydrogen (secondary N) is 2. The van der Waals surface area contributed by atoms with E-state index in [4.69, 9.17) is 10.5 Å². The number of ketones is 1. The predicted molar refractivity (Wildman–Crippen MR) is 220 cm³/mol. The normalized spacial score (nSPS) is 46.4. The average Bonchev–Trinajstić information content (AvgIpc) is 3.59. The predicted octanol–water partition coefficient (Wildman–Crippen LogP) is 3.85. The lowest BCUT2D eigenvalue weighted by molar-refractivity contribution is -0.210. The molecule has 0 amide bonds. The molecule has 9 aliphatic rings. The zero-order chi connectivity index (χ0) is 41.4. The molecule has 2 aliphatic heterocycles. The van der Waals surface area contributed by atoms with Crippen LogP contribution in [-0.4, -0.2) is 97.0 Å². The molecule has 11 heteroatoms. The van der Waals surface area contributed by atoms with Gasteiger partial charge < -0.3 is 51.7 Å². The first-order valence-electron chi connectivity index (χ1n) is 22.8. The minimum absolute atomic E-state index is 0.0389. The van der Waals surface area contributed by atoms with E-state index in [0.29, 0.717) is 55.2 Å². The van der Waals surface area contributed by atoms with Crippen LogP contribution in [0.2, 0.25) is 0 Å². The summed E-state index contributed by atoms with van der Waals surface area (Å²) in [5, 5.41) is 79.2. The molecular weight excluding hydrogens is 735 g/mol. The van der Waals surface area contributed by atoms with Crippen LogP contribution in [0, 0.1) is 57.7 Å². The molecule has 5 fully saturated rings. The van der Waals surface area contributed by atoms with Gasteiger partial charge in [-0.2, -0.15) is 0 Å². The van der Waals surface area contributed by atoms with Crippen molar-refractivity contribution in [3.63, 3.8) is 0 Å². The van der Waals surface area contributed by atoms with Crippen LogP contribution in [0.4, 0.5) is 0 Å². The van der Waals surface area contributed by atoms with Crippen molar-refractivity contribution in [2.45, 2.75) is 184 Å². The Morgan fingerprint density at radius 1 is 1.07 bits per heavy atom. The molecule has 0 aromatic rings. The quantitative estimate of drug-likeness (QED) is 0.138. The Kier molecular flexibility index (Phi) is 11.4. The molecule has 2 heterocycles. The number of aliphatic hydroxyl groups is 6. The fourth-order valence-corrected chi connectivity index (χ4v) is 14.6. The Hall–Kier alpha value is -2.27. The fourth-order valence-electron chi connectivity index (χ4n) is 14.6. The number of hydrogen-bond donors (Lipinski definition) is 9. The van der Waals surface area contributed by atoms with Crippen LogP contribution in [0.3, 0.4) is 0 Å². The molecule has 10 N–H and O–H groups in total. The van der Waals surface area contributed by atoms with Crippen LogP contribution >= 0.6 is 0 Å². The summed E-state index contributed by atoms with van der Waals surface area (Å²) in [5.41, 5.74) is 1.70. The van der Waals surface area contributed by atoms with Gasteiger partial charge in [0.1, 0.15) is 6.10 Å². The minimum atomic E-state index is -1.65. The monoisotopic (exact) mass is 806 g/mol. The largest absolute Gasteiger partial charge is 0.392 e. The van der Waals surface area contributed by atoms with Gasteiger partial charge in [-0.15, -0.1) is 11.8 Å². The van der Waals surface area contributed by atoms with Crippen LogP contribution < -0.4 is 16.4 Å². The lowest BCUT2D eigenvalue weighted by Gasteiger charge is -2.67. The maximum absolute atomic E-state index is 15.6. The number of hydrogen-bond acceptors (Lipinski definition) is 11. The number of fused-ring (bicyclic) bond motifs is 5. The second kappa shape index (κ2) is 15.6. The van der Waals surface area contributed by atoms with Crippen molar-refractivity contribution in [3.05, 3.63) is 35.2 Å². The van der Waals surface area contributed by atoms with Crippen LogP contribution in [0.5, 0.6) is 0 Å². The van der Waals surface area contributed by atoms with Crippen LogP contribution in [0.15, 0.2) is 35.2 Å². The van der Waals surface area contributed by atoms with Gasteiger partial charge in [0.15, 0.2) is 5.78 Å². The molecule has 4 saturated carbocycles. The molecule has 11 nitrogen and oxygen atoms in total. The molecule has 7 aliphatic carbocycles. The molecule has 2 spiro atoms. The van der Waals surface area contributed by atoms with E-state index >= 15 is 4.79 Å². The Morgan fingerprint density at radius 2 is 1.81 bits per heavy atom. The average molecular weight is 806 g/mol. The van der Waals surface area contributed by atoms with Gasteiger partial charge in [0.2, 0.25) is 0 Å². The maximum atomic E-state index is 15.6. The fraction of sp³-hybridized carbons (Fsp3) is 0.809. The second-order valence-electron chi connectivity index (χ2n) is 20.4. The first-order chi connectivity index (χ1) is 27.5. The van der Waals surface area contributed by atoms with Crippen LogP contribution in [-0.2, 0) is 9.53 Å². The summed E-state index contributed by atoms with van der Waals surface area (Å²) >= 11 is 0. The number of allylic oxidation sites excluding steroid dienone is 3. The van der Waals surface area contributed by atoms with E-state index in [0.717, 1.165) is 31.3 Å². The van der Waals surface area contributed by atoms with Gasteiger partial charge in [0.05, 0.1) is 59.0 Å². The standard InChI is InChI=1S/C47H71N3O8/c1-5-8-29-9-12-31-28(3)40(58-35(31)13-10-29)42(55)43(4,56)36-17-22-47(57)38-32-16-21-44(36,47)18-6-7-19-46(41(54)39(38)50-25-27(2)51)24-34(53)33(52)23-45(32,46)20-15-30-11-14-37(48)49-26-30/h11,14,26-29,31-37,40,42,49-53,55-57H,5,8-10,12-13,15-25,48H2,1-4H3/t27-,28-,29+,31-,32-,33-,34+,35+,36+,37?,40+,42+,43+,44+,45+,46-,47+/m0/s1. The molecule has 1 unspecified atom stereocenters. The molecule has 0 radical (unpaired) electrons. The molecule has 322 valence electrons. The highest BCUT2D eigenvalue weighted by Gasteiger charge is 2.75. The summed E-state index contributed by atoms with van der Waals surface area (Å²) in [6.07, 6.45) is 11.0. The number of rotatable bonds is 11. The van der Waals surface area contributed by atoms with Crippen LogP contribution in [0.25, 0.3) is 0 Å². The van der Waals surface area contributed by atoms with E-state index in [1.54, 1.807) is 13.8 Å². The molecular formula is C47H71N3O8. The Bertz CT molecular complexity index is 1750. The third-order valence-electron chi connectivity index (χ3n) is 17.5. The molecule has 1 saturated heterocycles.